The van der Waals surface area contributed by atoms with E-state index in [1.165, 1.54) is 0 Å². The van der Waals surface area contributed by atoms with Gasteiger partial charge >= 0.3 is 17.9 Å². The van der Waals surface area contributed by atoms with Crippen LogP contribution in [0.3, 0.4) is 0 Å². The number of carbonyl (C=O) groups is 3. The summed E-state index contributed by atoms with van der Waals surface area (Å²) >= 11 is 0. The van der Waals surface area contributed by atoms with Crippen LogP contribution < -0.4 is 0 Å². The lowest BCUT2D eigenvalue weighted by Gasteiger charge is -2.24. The summed E-state index contributed by atoms with van der Waals surface area (Å²) in [6.45, 7) is 3.63. The van der Waals surface area contributed by atoms with Gasteiger partial charge in [0.05, 0.1) is 6.61 Å². The Hall–Kier alpha value is -1.63. The van der Waals surface area contributed by atoms with Crippen LogP contribution in [0.2, 0.25) is 0 Å². The van der Waals surface area contributed by atoms with E-state index < -0.39 is 36.9 Å². The van der Waals surface area contributed by atoms with Crippen LogP contribution in [0.1, 0.15) is 46.5 Å². The number of hydrogen-bond acceptors (Lipinski definition) is 7. The summed E-state index contributed by atoms with van der Waals surface area (Å²) in [7, 11) is 0. The molecule has 0 bridgehead atoms. The average molecular weight is 290 g/mol. The molecule has 1 N–H and O–H groups in total. The van der Waals surface area contributed by atoms with E-state index in [2.05, 4.69) is 0 Å². The quantitative estimate of drug-likeness (QED) is 0.383. The van der Waals surface area contributed by atoms with Crippen LogP contribution in [0.25, 0.3) is 0 Å². The zero-order valence-electron chi connectivity index (χ0n) is 12.1. The molecule has 0 radical (unpaired) electrons. The minimum absolute atomic E-state index is 0.170. The van der Waals surface area contributed by atoms with E-state index in [1.807, 2.05) is 6.92 Å². The van der Waals surface area contributed by atoms with Crippen LogP contribution >= 0.6 is 0 Å². The fourth-order valence-electron chi connectivity index (χ4n) is 1.44. The molecule has 0 aromatic rings. The Morgan fingerprint density at radius 3 is 2.05 bits per heavy atom. The first-order chi connectivity index (χ1) is 9.40. The molecule has 7 heteroatoms. The molecule has 0 fully saturated rings. The van der Waals surface area contributed by atoms with Crippen molar-refractivity contribution in [1.82, 2.24) is 0 Å². The molecular weight excluding hydrogens is 268 g/mol. The molecule has 0 heterocycles. The van der Waals surface area contributed by atoms with Crippen LogP contribution in [0.15, 0.2) is 0 Å². The van der Waals surface area contributed by atoms with E-state index in [4.69, 9.17) is 19.3 Å². The number of hydrogen-bond donors (Lipinski definition) is 1. The topological polar surface area (TPSA) is 99.1 Å². The predicted molar refractivity (Wildman–Crippen MR) is 68.4 cm³/mol. The maximum absolute atomic E-state index is 11.6. The SMILES string of the molecule is CCCCCC(=O)OC(OC(C)=O)C(CO)OC(C)=O. The fourth-order valence-corrected chi connectivity index (χ4v) is 1.44. The molecule has 0 aliphatic carbocycles. The molecular formula is C13H22O7. The largest absolute Gasteiger partial charge is 0.452 e. The molecule has 2 unspecified atom stereocenters. The minimum atomic E-state index is -1.43. The molecule has 0 aromatic heterocycles. The van der Waals surface area contributed by atoms with Crippen LogP contribution in [0.4, 0.5) is 0 Å². The van der Waals surface area contributed by atoms with Crippen molar-refractivity contribution in [2.75, 3.05) is 6.61 Å². The summed E-state index contributed by atoms with van der Waals surface area (Å²) in [5.41, 5.74) is 0. The lowest BCUT2D eigenvalue weighted by Crippen LogP contribution is -2.40. The van der Waals surface area contributed by atoms with Gasteiger partial charge in [0.2, 0.25) is 0 Å². The van der Waals surface area contributed by atoms with E-state index in [0.717, 1.165) is 26.7 Å². The first-order valence-electron chi connectivity index (χ1n) is 6.55. The third-order valence-corrected chi connectivity index (χ3v) is 2.32. The smallest absolute Gasteiger partial charge is 0.309 e. The van der Waals surface area contributed by atoms with Gasteiger partial charge in [-0.05, 0) is 6.42 Å². The van der Waals surface area contributed by atoms with Gasteiger partial charge in [0, 0.05) is 20.3 Å². The van der Waals surface area contributed by atoms with Gasteiger partial charge in [-0.15, -0.1) is 0 Å². The highest BCUT2D eigenvalue weighted by atomic mass is 16.7. The van der Waals surface area contributed by atoms with E-state index in [1.54, 1.807) is 0 Å². The van der Waals surface area contributed by atoms with Crippen molar-refractivity contribution in [2.24, 2.45) is 0 Å². The molecule has 0 aliphatic heterocycles. The van der Waals surface area contributed by atoms with Crippen molar-refractivity contribution in [1.29, 1.82) is 0 Å². The van der Waals surface area contributed by atoms with Crippen LogP contribution in [0, 0.1) is 0 Å². The lowest BCUT2D eigenvalue weighted by molar-refractivity contribution is -0.216. The Morgan fingerprint density at radius 1 is 1.00 bits per heavy atom. The lowest BCUT2D eigenvalue weighted by atomic mass is 10.2. The highest BCUT2D eigenvalue weighted by Gasteiger charge is 2.30. The van der Waals surface area contributed by atoms with Gasteiger partial charge in [-0.1, -0.05) is 19.8 Å². The normalized spacial score (nSPS) is 13.2. The van der Waals surface area contributed by atoms with Gasteiger partial charge in [-0.2, -0.15) is 0 Å². The number of aliphatic hydroxyl groups excluding tert-OH is 1. The molecule has 7 nitrogen and oxygen atoms in total. The van der Waals surface area contributed by atoms with Gasteiger partial charge < -0.3 is 19.3 Å². The second-order valence-electron chi connectivity index (χ2n) is 4.26. The van der Waals surface area contributed by atoms with E-state index >= 15 is 0 Å². The van der Waals surface area contributed by atoms with E-state index in [9.17, 15) is 14.4 Å². The molecule has 20 heavy (non-hydrogen) atoms. The first kappa shape index (κ1) is 18.4. The molecule has 2 atom stereocenters. The molecule has 0 amide bonds. The zero-order chi connectivity index (χ0) is 15.5. The van der Waals surface area contributed by atoms with E-state index in [-0.39, 0.29) is 6.42 Å². The Morgan fingerprint density at radius 2 is 1.60 bits per heavy atom. The van der Waals surface area contributed by atoms with Crippen molar-refractivity contribution in [3.05, 3.63) is 0 Å². The number of esters is 3. The van der Waals surface area contributed by atoms with Crippen molar-refractivity contribution in [2.45, 2.75) is 58.8 Å². The summed E-state index contributed by atoms with van der Waals surface area (Å²) in [5.74, 6) is -1.96. The number of unbranched alkanes of at least 4 members (excludes halogenated alkanes) is 2. The monoisotopic (exact) mass is 290 g/mol. The summed E-state index contributed by atoms with van der Waals surface area (Å²) in [6, 6.07) is 0. The van der Waals surface area contributed by atoms with Crippen LogP contribution in [-0.2, 0) is 28.6 Å². The van der Waals surface area contributed by atoms with Gasteiger partial charge in [0.1, 0.15) is 0 Å². The number of carbonyl (C=O) groups excluding carboxylic acids is 3. The Kier molecular flexibility index (Phi) is 9.36. The molecule has 0 spiro atoms. The zero-order valence-corrected chi connectivity index (χ0v) is 12.1. The first-order valence-corrected chi connectivity index (χ1v) is 6.55. The molecule has 0 aromatic carbocycles. The number of aliphatic hydroxyl groups is 1. The molecule has 0 aliphatic rings. The maximum atomic E-state index is 11.6. The average Bonchev–Trinajstić information content (AvgIpc) is 2.34. The molecule has 116 valence electrons. The van der Waals surface area contributed by atoms with Gasteiger partial charge in [-0.25, -0.2) is 0 Å². The van der Waals surface area contributed by atoms with Crippen LogP contribution in [-0.4, -0.2) is 42.0 Å². The van der Waals surface area contributed by atoms with Crippen molar-refractivity contribution in [3.8, 4) is 0 Å². The third kappa shape index (κ3) is 8.47. The summed E-state index contributed by atoms with van der Waals surface area (Å²) < 4.78 is 14.5. The number of ether oxygens (including phenoxy) is 3. The Bertz CT molecular complexity index is 327. The predicted octanol–water partition coefficient (Wildman–Crippen LogP) is 0.923. The molecule has 0 saturated carbocycles. The van der Waals surface area contributed by atoms with E-state index in [0.29, 0.717) is 6.42 Å². The summed E-state index contributed by atoms with van der Waals surface area (Å²) in [4.78, 5) is 33.4. The second kappa shape index (κ2) is 10.2. The summed E-state index contributed by atoms with van der Waals surface area (Å²) in [5, 5.41) is 9.13. The Labute approximate surface area is 118 Å². The van der Waals surface area contributed by atoms with Crippen molar-refractivity contribution < 1.29 is 33.7 Å². The highest BCUT2D eigenvalue weighted by molar-refractivity contribution is 5.70. The summed E-state index contributed by atoms with van der Waals surface area (Å²) in [6.07, 6.45) is -0.0146. The molecule has 0 saturated heterocycles. The van der Waals surface area contributed by atoms with Crippen molar-refractivity contribution in [3.63, 3.8) is 0 Å². The minimum Gasteiger partial charge on any atom is -0.452 e. The third-order valence-electron chi connectivity index (χ3n) is 2.32. The fraction of sp³-hybridized carbons (Fsp3) is 0.769. The van der Waals surface area contributed by atoms with Gasteiger partial charge in [0.15, 0.2) is 6.10 Å². The standard InChI is InChI=1S/C13H22O7/c1-4-5-6-7-12(17)20-13(19-10(3)16)11(8-14)18-9(2)15/h11,13-14H,4-8H2,1-3H3. The molecule has 0 rings (SSSR count). The van der Waals surface area contributed by atoms with Crippen molar-refractivity contribution >= 4 is 17.9 Å². The van der Waals surface area contributed by atoms with Gasteiger partial charge in [0.25, 0.3) is 6.29 Å². The van der Waals surface area contributed by atoms with Gasteiger partial charge in [-0.3, -0.25) is 14.4 Å². The van der Waals surface area contributed by atoms with Crippen LogP contribution in [0.5, 0.6) is 0 Å². The Balaban J connectivity index is 4.56. The maximum Gasteiger partial charge on any atom is 0.309 e. The number of rotatable bonds is 9. The second-order valence-corrected chi connectivity index (χ2v) is 4.26. The highest BCUT2D eigenvalue weighted by Crippen LogP contribution is 2.10.